The molecule has 0 radical (unpaired) electrons. The second-order valence-corrected chi connectivity index (χ2v) is 4.24. The molecule has 1 heterocycles. The van der Waals surface area contributed by atoms with Crippen molar-refractivity contribution in [2.24, 2.45) is 0 Å². The number of halogens is 1. The Kier molecular flexibility index (Phi) is 3.94. The third kappa shape index (κ3) is 2.99. The van der Waals surface area contributed by atoms with Crippen molar-refractivity contribution in [3.8, 4) is 5.75 Å². The van der Waals surface area contributed by atoms with Crippen LogP contribution in [-0.2, 0) is 0 Å². The van der Waals surface area contributed by atoms with Gasteiger partial charge in [0.2, 0.25) is 0 Å². The first-order valence-corrected chi connectivity index (χ1v) is 5.99. The molecule has 1 N–H and O–H groups in total. The molecule has 0 fully saturated rings. The first-order chi connectivity index (χ1) is 9.11. The highest BCUT2D eigenvalue weighted by Gasteiger charge is 2.13. The van der Waals surface area contributed by atoms with Gasteiger partial charge in [-0.05, 0) is 26.0 Å². The maximum absolute atomic E-state index is 13.1. The highest BCUT2D eigenvalue weighted by Crippen LogP contribution is 2.28. The van der Waals surface area contributed by atoms with Gasteiger partial charge in [-0.15, -0.1) is 0 Å². The first kappa shape index (κ1) is 13.3. The molecule has 0 spiro atoms. The average molecular weight is 261 g/mol. The molecule has 5 heteroatoms. The van der Waals surface area contributed by atoms with Crippen molar-refractivity contribution >= 4 is 5.69 Å². The smallest absolute Gasteiger partial charge is 0.144 e. The van der Waals surface area contributed by atoms with Gasteiger partial charge in [0, 0.05) is 18.5 Å². The van der Waals surface area contributed by atoms with E-state index in [0.717, 1.165) is 17.1 Å². The minimum absolute atomic E-state index is 0.0481. The molecule has 100 valence electrons. The van der Waals surface area contributed by atoms with E-state index in [1.54, 1.807) is 18.5 Å². The Morgan fingerprint density at radius 2 is 2.00 bits per heavy atom. The van der Waals surface area contributed by atoms with E-state index in [1.165, 1.54) is 19.2 Å². The summed E-state index contributed by atoms with van der Waals surface area (Å²) in [5.74, 6) is 0.138. The molecular formula is C14H16FN3O. The number of ether oxygens (including phenoxy) is 1. The van der Waals surface area contributed by atoms with Crippen molar-refractivity contribution in [3.63, 3.8) is 0 Å². The van der Waals surface area contributed by atoms with Crippen LogP contribution >= 0.6 is 0 Å². The van der Waals surface area contributed by atoms with Crippen molar-refractivity contribution in [2.45, 2.75) is 19.9 Å². The zero-order valence-electron chi connectivity index (χ0n) is 11.1. The minimum Gasteiger partial charge on any atom is -0.494 e. The minimum atomic E-state index is -0.328. The summed E-state index contributed by atoms with van der Waals surface area (Å²) in [5, 5.41) is 3.25. The van der Waals surface area contributed by atoms with Gasteiger partial charge in [0.25, 0.3) is 0 Å². The van der Waals surface area contributed by atoms with Crippen LogP contribution in [0.25, 0.3) is 0 Å². The lowest BCUT2D eigenvalue weighted by Crippen LogP contribution is -2.11. The van der Waals surface area contributed by atoms with Gasteiger partial charge in [-0.25, -0.2) is 4.39 Å². The standard InChI is InChI=1S/C14H16FN3O/c1-9-14(17-7-6-16-9)10(2)18-12-5-4-11(15)8-13(12)19-3/h4-8,10,18H,1-3H3. The topological polar surface area (TPSA) is 47.0 Å². The molecular weight excluding hydrogens is 245 g/mol. The van der Waals surface area contributed by atoms with E-state index in [0.29, 0.717) is 5.75 Å². The summed E-state index contributed by atoms with van der Waals surface area (Å²) in [6.45, 7) is 3.88. The van der Waals surface area contributed by atoms with Crippen molar-refractivity contribution in [2.75, 3.05) is 12.4 Å². The zero-order valence-corrected chi connectivity index (χ0v) is 11.1. The van der Waals surface area contributed by atoms with E-state index in [9.17, 15) is 4.39 Å². The molecule has 0 amide bonds. The first-order valence-electron chi connectivity index (χ1n) is 5.99. The zero-order chi connectivity index (χ0) is 13.8. The van der Waals surface area contributed by atoms with E-state index in [4.69, 9.17) is 4.74 Å². The van der Waals surface area contributed by atoms with Crippen molar-refractivity contribution in [3.05, 3.63) is 47.8 Å². The number of hydrogen-bond donors (Lipinski definition) is 1. The number of hydrogen-bond acceptors (Lipinski definition) is 4. The number of methoxy groups -OCH3 is 1. The second-order valence-electron chi connectivity index (χ2n) is 4.24. The molecule has 0 aliphatic carbocycles. The van der Waals surface area contributed by atoms with Gasteiger partial charge in [0.1, 0.15) is 11.6 Å². The summed E-state index contributed by atoms with van der Waals surface area (Å²) >= 11 is 0. The Bertz CT molecular complexity index is 574. The Morgan fingerprint density at radius 1 is 1.26 bits per heavy atom. The molecule has 1 aromatic carbocycles. The predicted molar refractivity (Wildman–Crippen MR) is 71.8 cm³/mol. The van der Waals surface area contributed by atoms with Gasteiger partial charge in [0.15, 0.2) is 0 Å². The highest BCUT2D eigenvalue weighted by atomic mass is 19.1. The van der Waals surface area contributed by atoms with Gasteiger partial charge in [-0.3, -0.25) is 9.97 Å². The van der Waals surface area contributed by atoms with Crippen molar-refractivity contribution in [1.29, 1.82) is 0 Å². The number of nitrogens with one attached hydrogen (secondary N) is 1. The summed E-state index contributed by atoms with van der Waals surface area (Å²) < 4.78 is 18.3. The number of anilines is 1. The monoisotopic (exact) mass is 261 g/mol. The van der Waals surface area contributed by atoms with E-state index in [-0.39, 0.29) is 11.9 Å². The molecule has 1 atom stereocenters. The van der Waals surface area contributed by atoms with Gasteiger partial charge >= 0.3 is 0 Å². The van der Waals surface area contributed by atoms with Gasteiger partial charge in [-0.2, -0.15) is 0 Å². The Morgan fingerprint density at radius 3 is 2.68 bits per heavy atom. The molecule has 1 unspecified atom stereocenters. The summed E-state index contributed by atoms with van der Waals surface area (Å²) in [4.78, 5) is 8.51. The lowest BCUT2D eigenvalue weighted by molar-refractivity contribution is 0.412. The van der Waals surface area contributed by atoms with Gasteiger partial charge in [0.05, 0.1) is 30.2 Å². The molecule has 0 saturated heterocycles. The second kappa shape index (κ2) is 5.65. The van der Waals surface area contributed by atoms with Crippen LogP contribution in [0.15, 0.2) is 30.6 Å². The average Bonchev–Trinajstić information content (AvgIpc) is 2.41. The number of nitrogens with zero attached hydrogens (tertiary/aromatic N) is 2. The third-order valence-electron chi connectivity index (χ3n) is 2.86. The van der Waals surface area contributed by atoms with Crippen LogP contribution in [0.1, 0.15) is 24.4 Å². The largest absolute Gasteiger partial charge is 0.494 e. The molecule has 2 rings (SSSR count). The van der Waals surface area contributed by atoms with E-state index < -0.39 is 0 Å². The van der Waals surface area contributed by atoms with Crippen LogP contribution in [0.4, 0.5) is 10.1 Å². The van der Waals surface area contributed by atoms with Crippen LogP contribution < -0.4 is 10.1 Å². The maximum atomic E-state index is 13.1. The SMILES string of the molecule is COc1cc(F)ccc1NC(C)c1nccnc1C. The van der Waals surface area contributed by atoms with Crippen molar-refractivity contribution < 1.29 is 9.13 Å². The normalized spacial score (nSPS) is 12.0. The Hall–Kier alpha value is -2.17. The van der Waals surface area contributed by atoms with Crippen LogP contribution in [0.5, 0.6) is 5.75 Å². The lowest BCUT2D eigenvalue weighted by atomic mass is 10.1. The molecule has 2 aromatic rings. The molecule has 1 aromatic heterocycles. The highest BCUT2D eigenvalue weighted by molar-refractivity contribution is 5.57. The summed E-state index contributed by atoms with van der Waals surface area (Å²) in [6.07, 6.45) is 3.31. The molecule has 0 aliphatic rings. The van der Waals surface area contributed by atoms with Gasteiger partial charge in [-0.1, -0.05) is 0 Å². The predicted octanol–water partition coefficient (Wildman–Crippen LogP) is 3.11. The van der Waals surface area contributed by atoms with Crippen LogP contribution in [-0.4, -0.2) is 17.1 Å². The molecule has 19 heavy (non-hydrogen) atoms. The van der Waals surface area contributed by atoms with E-state index >= 15 is 0 Å². The Labute approximate surface area is 111 Å². The van der Waals surface area contributed by atoms with Crippen molar-refractivity contribution in [1.82, 2.24) is 9.97 Å². The van der Waals surface area contributed by atoms with Crippen LogP contribution in [0.2, 0.25) is 0 Å². The molecule has 0 aliphatic heterocycles. The summed E-state index contributed by atoms with van der Waals surface area (Å²) in [7, 11) is 1.51. The molecule has 0 saturated carbocycles. The summed E-state index contributed by atoms with van der Waals surface area (Å²) in [6, 6.07) is 4.34. The summed E-state index contributed by atoms with van der Waals surface area (Å²) in [5.41, 5.74) is 2.44. The van der Waals surface area contributed by atoms with Crippen LogP contribution in [0, 0.1) is 12.7 Å². The number of aromatic nitrogens is 2. The van der Waals surface area contributed by atoms with E-state index in [2.05, 4.69) is 15.3 Å². The molecule has 0 bridgehead atoms. The fraction of sp³-hybridized carbons (Fsp3) is 0.286. The fourth-order valence-corrected chi connectivity index (χ4v) is 1.93. The van der Waals surface area contributed by atoms with Gasteiger partial charge < -0.3 is 10.1 Å². The van der Waals surface area contributed by atoms with Crippen LogP contribution in [0.3, 0.4) is 0 Å². The third-order valence-corrected chi connectivity index (χ3v) is 2.86. The lowest BCUT2D eigenvalue weighted by Gasteiger charge is -2.18. The quantitative estimate of drug-likeness (QED) is 0.918. The Balaban J connectivity index is 2.24. The van der Waals surface area contributed by atoms with E-state index in [1.807, 2.05) is 13.8 Å². The molecule has 4 nitrogen and oxygen atoms in total. The number of rotatable bonds is 4. The number of benzene rings is 1. The maximum Gasteiger partial charge on any atom is 0.144 e. The fourth-order valence-electron chi connectivity index (χ4n) is 1.93. The number of aryl methyl sites for hydroxylation is 1.